The Morgan fingerprint density at radius 2 is 1.84 bits per heavy atom. The molecule has 3 nitrogen and oxygen atoms in total. The van der Waals surface area contributed by atoms with E-state index in [1.165, 1.54) is 5.56 Å². The molecular formula is C16H17NO2. The van der Waals surface area contributed by atoms with Gasteiger partial charge in [-0.05, 0) is 30.2 Å². The Labute approximate surface area is 112 Å². The highest BCUT2D eigenvalue weighted by molar-refractivity contribution is 5.78. The standard InChI is InChI=1S/C16H17NO2/c1-12-5-7-13(8-6-12)11-17-16(19)10-14-3-2-4-15(18)9-14/h2-9,18H,10-11H2,1H3,(H,17,19). The van der Waals surface area contributed by atoms with Crippen LogP contribution in [0.1, 0.15) is 16.7 Å². The Morgan fingerprint density at radius 3 is 2.53 bits per heavy atom. The highest BCUT2D eigenvalue weighted by Gasteiger charge is 2.03. The number of benzene rings is 2. The summed E-state index contributed by atoms with van der Waals surface area (Å²) in [6.45, 7) is 2.56. The largest absolute Gasteiger partial charge is 0.508 e. The molecule has 0 fully saturated rings. The Balaban J connectivity index is 1.86. The van der Waals surface area contributed by atoms with Crippen LogP contribution in [-0.2, 0) is 17.8 Å². The minimum atomic E-state index is -0.0498. The number of hydrogen-bond donors (Lipinski definition) is 2. The van der Waals surface area contributed by atoms with Gasteiger partial charge in [0.05, 0.1) is 6.42 Å². The number of amides is 1. The first-order valence-corrected chi connectivity index (χ1v) is 6.23. The fourth-order valence-electron chi connectivity index (χ4n) is 1.82. The molecule has 0 heterocycles. The molecule has 2 N–H and O–H groups in total. The highest BCUT2D eigenvalue weighted by Crippen LogP contribution is 2.11. The van der Waals surface area contributed by atoms with Crippen LogP contribution < -0.4 is 5.32 Å². The van der Waals surface area contributed by atoms with Gasteiger partial charge in [-0.3, -0.25) is 4.79 Å². The van der Waals surface area contributed by atoms with E-state index in [1.54, 1.807) is 18.2 Å². The third-order valence-electron chi connectivity index (χ3n) is 2.89. The zero-order chi connectivity index (χ0) is 13.7. The monoisotopic (exact) mass is 255 g/mol. The first-order valence-electron chi connectivity index (χ1n) is 6.23. The van der Waals surface area contributed by atoms with E-state index in [1.807, 2.05) is 37.3 Å². The van der Waals surface area contributed by atoms with Crippen LogP contribution in [0.4, 0.5) is 0 Å². The zero-order valence-corrected chi connectivity index (χ0v) is 10.9. The number of phenolic OH excluding ortho intramolecular Hbond substituents is 1. The number of rotatable bonds is 4. The number of hydrogen-bond acceptors (Lipinski definition) is 2. The maximum Gasteiger partial charge on any atom is 0.224 e. The van der Waals surface area contributed by atoms with Gasteiger partial charge < -0.3 is 10.4 Å². The second-order valence-corrected chi connectivity index (χ2v) is 4.61. The van der Waals surface area contributed by atoms with Crippen LogP contribution in [-0.4, -0.2) is 11.0 Å². The summed E-state index contributed by atoms with van der Waals surface area (Å²) in [4.78, 5) is 11.8. The van der Waals surface area contributed by atoms with Crippen molar-refractivity contribution in [2.45, 2.75) is 19.9 Å². The van der Waals surface area contributed by atoms with Crippen molar-refractivity contribution in [3.63, 3.8) is 0 Å². The van der Waals surface area contributed by atoms with Crippen LogP contribution in [0, 0.1) is 6.92 Å². The Hall–Kier alpha value is -2.29. The second-order valence-electron chi connectivity index (χ2n) is 4.61. The van der Waals surface area contributed by atoms with Crippen molar-refractivity contribution in [2.24, 2.45) is 0 Å². The average molecular weight is 255 g/mol. The summed E-state index contributed by atoms with van der Waals surface area (Å²) < 4.78 is 0. The maximum atomic E-state index is 11.8. The lowest BCUT2D eigenvalue weighted by molar-refractivity contribution is -0.120. The molecule has 0 spiro atoms. The normalized spacial score (nSPS) is 10.2. The molecule has 0 atom stereocenters. The van der Waals surface area contributed by atoms with Crippen LogP contribution in [0.25, 0.3) is 0 Å². The smallest absolute Gasteiger partial charge is 0.224 e. The number of carbonyl (C=O) groups excluding carboxylic acids is 1. The molecule has 3 heteroatoms. The number of carbonyl (C=O) groups is 1. The molecule has 19 heavy (non-hydrogen) atoms. The van der Waals surface area contributed by atoms with E-state index in [4.69, 9.17) is 0 Å². The van der Waals surface area contributed by atoms with Crippen molar-refractivity contribution < 1.29 is 9.90 Å². The lowest BCUT2D eigenvalue weighted by Gasteiger charge is -2.06. The molecule has 0 aliphatic rings. The Morgan fingerprint density at radius 1 is 1.11 bits per heavy atom. The number of nitrogens with one attached hydrogen (secondary N) is 1. The summed E-state index contributed by atoms with van der Waals surface area (Å²) in [6, 6.07) is 14.8. The van der Waals surface area contributed by atoms with Gasteiger partial charge in [0.15, 0.2) is 0 Å². The van der Waals surface area contributed by atoms with Gasteiger partial charge in [-0.25, -0.2) is 0 Å². The zero-order valence-electron chi connectivity index (χ0n) is 10.9. The van der Waals surface area contributed by atoms with Crippen LogP contribution >= 0.6 is 0 Å². The van der Waals surface area contributed by atoms with E-state index >= 15 is 0 Å². The van der Waals surface area contributed by atoms with Gasteiger partial charge in [-0.1, -0.05) is 42.0 Å². The molecule has 2 aromatic carbocycles. The van der Waals surface area contributed by atoms with Gasteiger partial charge in [0, 0.05) is 6.54 Å². The first kappa shape index (κ1) is 13.1. The maximum absolute atomic E-state index is 11.8. The molecular weight excluding hydrogens is 238 g/mol. The average Bonchev–Trinajstić information content (AvgIpc) is 2.38. The minimum absolute atomic E-state index is 0.0498. The molecule has 0 radical (unpaired) electrons. The van der Waals surface area contributed by atoms with Crippen LogP contribution in [0.3, 0.4) is 0 Å². The topological polar surface area (TPSA) is 49.3 Å². The Kier molecular flexibility index (Phi) is 4.18. The molecule has 0 unspecified atom stereocenters. The van der Waals surface area contributed by atoms with E-state index in [9.17, 15) is 9.90 Å². The van der Waals surface area contributed by atoms with Gasteiger partial charge in [0.25, 0.3) is 0 Å². The molecule has 0 saturated heterocycles. The summed E-state index contributed by atoms with van der Waals surface area (Å²) in [5.41, 5.74) is 3.09. The lowest BCUT2D eigenvalue weighted by atomic mass is 10.1. The van der Waals surface area contributed by atoms with E-state index in [-0.39, 0.29) is 18.1 Å². The van der Waals surface area contributed by atoms with E-state index < -0.39 is 0 Å². The molecule has 98 valence electrons. The number of aromatic hydroxyl groups is 1. The van der Waals surface area contributed by atoms with E-state index in [0.29, 0.717) is 6.54 Å². The molecule has 0 aliphatic carbocycles. The van der Waals surface area contributed by atoms with Crippen molar-refractivity contribution >= 4 is 5.91 Å². The van der Waals surface area contributed by atoms with Gasteiger partial charge in [0.1, 0.15) is 5.75 Å². The summed E-state index contributed by atoms with van der Waals surface area (Å²) in [7, 11) is 0. The fraction of sp³-hybridized carbons (Fsp3) is 0.188. The molecule has 0 aromatic heterocycles. The molecule has 0 bridgehead atoms. The van der Waals surface area contributed by atoms with Gasteiger partial charge >= 0.3 is 0 Å². The van der Waals surface area contributed by atoms with Crippen molar-refractivity contribution in [3.05, 3.63) is 65.2 Å². The Bertz CT molecular complexity index is 561. The highest BCUT2D eigenvalue weighted by atomic mass is 16.3. The summed E-state index contributed by atoms with van der Waals surface area (Å²) in [6.07, 6.45) is 0.278. The van der Waals surface area contributed by atoms with Crippen LogP contribution in [0.2, 0.25) is 0 Å². The first-order chi connectivity index (χ1) is 9.13. The summed E-state index contributed by atoms with van der Waals surface area (Å²) in [5.74, 6) is 0.134. The predicted octanol–water partition coefficient (Wildman–Crippen LogP) is 2.56. The van der Waals surface area contributed by atoms with Crippen molar-refractivity contribution in [2.75, 3.05) is 0 Å². The fourth-order valence-corrected chi connectivity index (χ4v) is 1.82. The van der Waals surface area contributed by atoms with Crippen LogP contribution in [0.5, 0.6) is 5.75 Å². The van der Waals surface area contributed by atoms with Crippen molar-refractivity contribution in [1.29, 1.82) is 0 Å². The third kappa shape index (κ3) is 4.14. The van der Waals surface area contributed by atoms with Gasteiger partial charge in [-0.2, -0.15) is 0 Å². The predicted molar refractivity (Wildman–Crippen MR) is 74.8 cm³/mol. The van der Waals surface area contributed by atoms with Crippen LogP contribution in [0.15, 0.2) is 48.5 Å². The number of aryl methyl sites for hydroxylation is 1. The van der Waals surface area contributed by atoms with Crippen molar-refractivity contribution in [1.82, 2.24) is 5.32 Å². The summed E-state index contributed by atoms with van der Waals surface area (Å²) in [5, 5.41) is 12.2. The van der Waals surface area contributed by atoms with Gasteiger partial charge in [-0.15, -0.1) is 0 Å². The van der Waals surface area contributed by atoms with E-state index in [2.05, 4.69) is 5.32 Å². The SMILES string of the molecule is Cc1ccc(CNC(=O)Cc2cccc(O)c2)cc1. The molecule has 1 amide bonds. The lowest BCUT2D eigenvalue weighted by Crippen LogP contribution is -2.24. The molecule has 2 aromatic rings. The molecule has 2 rings (SSSR count). The number of phenols is 1. The summed E-state index contributed by atoms with van der Waals surface area (Å²) >= 11 is 0. The van der Waals surface area contributed by atoms with E-state index in [0.717, 1.165) is 11.1 Å². The minimum Gasteiger partial charge on any atom is -0.508 e. The molecule has 0 aliphatic heterocycles. The quantitative estimate of drug-likeness (QED) is 0.882. The van der Waals surface area contributed by atoms with Crippen molar-refractivity contribution in [3.8, 4) is 5.75 Å². The third-order valence-corrected chi connectivity index (χ3v) is 2.89. The second kappa shape index (κ2) is 6.05. The molecule has 0 saturated carbocycles. The van der Waals surface area contributed by atoms with Gasteiger partial charge in [0.2, 0.25) is 5.91 Å².